The predicted molar refractivity (Wildman–Crippen MR) is 107 cm³/mol. The number of benzene rings is 1. The number of anilines is 1. The average molecular weight is 363 g/mol. The van der Waals surface area contributed by atoms with Crippen LogP contribution >= 0.6 is 11.3 Å². The summed E-state index contributed by atoms with van der Waals surface area (Å²) in [4.78, 5) is 14.2. The van der Waals surface area contributed by atoms with Crippen LogP contribution in [0, 0.1) is 0 Å². The van der Waals surface area contributed by atoms with E-state index in [2.05, 4.69) is 41.1 Å². The summed E-state index contributed by atoms with van der Waals surface area (Å²) in [7, 11) is 4.09. The molecule has 3 heterocycles. The smallest absolute Gasteiger partial charge is 0.182 e. The van der Waals surface area contributed by atoms with Crippen molar-refractivity contribution in [2.75, 3.05) is 19.0 Å². The summed E-state index contributed by atoms with van der Waals surface area (Å²) in [6.07, 6.45) is 5.48. The number of rotatable bonds is 2. The Balaban J connectivity index is 1.70. The fourth-order valence-corrected chi connectivity index (χ4v) is 5.21. The fourth-order valence-electron chi connectivity index (χ4n) is 3.92. The molecule has 3 aromatic heterocycles. The van der Waals surface area contributed by atoms with E-state index in [1.54, 1.807) is 6.33 Å². The number of aromatic nitrogens is 4. The SMILES string of the molecule is C[C@@H]1CCCc2sc3ncn4nc(-c5ccc(N(C)C)cc5)nc4c3c21. The van der Waals surface area contributed by atoms with Gasteiger partial charge in [0, 0.05) is 30.2 Å². The van der Waals surface area contributed by atoms with Gasteiger partial charge in [0.25, 0.3) is 0 Å². The monoisotopic (exact) mass is 363 g/mol. The molecular weight excluding hydrogens is 342 g/mol. The lowest BCUT2D eigenvalue weighted by atomic mass is 9.87. The van der Waals surface area contributed by atoms with Crippen molar-refractivity contribution in [2.45, 2.75) is 32.1 Å². The topological polar surface area (TPSA) is 46.3 Å². The molecule has 0 fully saturated rings. The summed E-state index contributed by atoms with van der Waals surface area (Å²) in [6, 6.07) is 8.37. The molecule has 0 bridgehead atoms. The molecule has 0 saturated carbocycles. The molecule has 0 amide bonds. The molecule has 0 spiro atoms. The molecule has 6 heteroatoms. The lowest BCUT2D eigenvalue weighted by Gasteiger charge is -2.18. The fraction of sp³-hybridized carbons (Fsp3) is 0.350. The Bertz CT molecular complexity index is 1110. The van der Waals surface area contributed by atoms with Crippen LogP contribution < -0.4 is 4.90 Å². The molecule has 0 radical (unpaired) electrons. The van der Waals surface area contributed by atoms with Gasteiger partial charge < -0.3 is 4.90 Å². The third kappa shape index (κ3) is 2.32. The van der Waals surface area contributed by atoms with Crippen LogP contribution in [0.5, 0.6) is 0 Å². The predicted octanol–water partition coefficient (Wildman–Crippen LogP) is 4.51. The van der Waals surface area contributed by atoms with Crippen LogP contribution in [-0.2, 0) is 6.42 Å². The van der Waals surface area contributed by atoms with Crippen molar-refractivity contribution in [3.05, 3.63) is 41.0 Å². The van der Waals surface area contributed by atoms with Crippen LogP contribution in [0.1, 0.15) is 36.1 Å². The third-order valence-electron chi connectivity index (χ3n) is 5.32. The summed E-state index contributed by atoms with van der Waals surface area (Å²) in [5, 5.41) is 5.91. The van der Waals surface area contributed by atoms with E-state index in [9.17, 15) is 0 Å². The van der Waals surface area contributed by atoms with Crippen molar-refractivity contribution in [1.82, 2.24) is 19.6 Å². The van der Waals surface area contributed by atoms with Crippen LogP contribution in [0.3, 0.4) is 0 Å². The molecular formula is C20H21N5S. The maximum atomic E-state index is 4.91. The van der Waals surface area contributed by atoms with E-state index < -0.39 is 0 Å². The second kappa shape index (κ2) is 5.77. The van der Waals surface area contributed by atoms with Gasteiger partial charge in [-0.25, -0.2) is 14.5 Å². The zero-order chi connectivity index (χ0) is 17.8. The van der Waals surface area contributed by atoms with E-state index >= 15 is 0 Å². The lowest BCUT2D eigenvalue weighted by Crippen LogP contribution is -2.07. The maximum absolute atomic E-state index is 4.91. The van der Waals surface area contributed by atoms with Crippen molar-refractivity contribution in [3.8, 4) is 11.4 Å². The molecule has 4 aromatic rings. The van der Waals surface area contributed by atoms with Gasteiger partial charge in [-0.15, -0.1) is 16.4 Å². The number of hydrogen-bond donors (Lipinski definition) is 0. The first-order valence-electron chi connectivity index (χ1n) is 9.06. The Morgan fingerprint density at radius 3 is 2.77 bits per heavy atom. The minimum absolute atomic E-state index is 0.569. The molecule has 26 heavy (non-hydrogen) atoms. The summed E-state index contributed by atoms with van der Waals surface area (Å²) < 4.78 is 1.84. The highest BCUT2D eigenvalue weighted by atomic mass is 32.1. The Labute approximate surface area is 156 Å². The number of hydrogen-bond acceptors (Lipinski definition) is 5. The van der Waals surface area contributed by atoms with E-state index in [-0.39, 0.29) is 0 Å². The summed E-state index contributed by atoms with van der Waals surface area (Å²) in [5.74, 6) is 1.33. The van der Waals surface area contributed by atoms with Gasteiger partial charge in [0.15, 0.2) is 11.5 Å². The molecule has 0 N–H and O–H groups in total. The van der Waals surface area contributed by atoms with Gasteiger partial charge in [-0.05, 0) is 55.0 Å². The lowest BCUT2D eigenvalue weighted by molar-refractivity contribution is 0.602. The third-order valence-corrected chi connectivity index (χ3v) is 6.49. The van der Waals surface area contributed by atoms with E-state index in [4.69, 9.17) is 10.1 Å². The van der Waals surface area contributed by atoms with Gasteiger partial charge >= 0.3 is 0 Å². The van der Waals surface area contributed by atoms with Crippen molar-refractivity contribution in [3.63, 3.8) is 0 Å². The van der Waals surface area contributed by atoms with Crippen molar-refractivity contribution in [1.29, 1.82) is 0 Å². The zero-order valence-corrected chi connectivity index (χ0v) is 16.0. The summed E-state index contributed by atoms with van der Waals surface area (Å²) >= 11 is 1.83. The quantitative estimate of drug-likeness (QED) is 0.526. The Morgan fingerprint density at radius 1 is 1.19 bits per heavy atom. The highest BCUT2D eigenvalue weighted by molar-refractivity contribution is 7.19. The number of thiophene rings is 1. The van der Waals surface area contributed by atoms with Gasteiger partial charge in [0.05, 0.1) is 5.39 Å². The molecule has 5 rings (SSSR count). The van der Waals surface area contributed by atoms with Gasteiger partial charge in [0.2, 0.25) is 0 Å². The first-order chi connectivity index (χ1) is 12.6. The molecule has 0 saturated heterocycles. The van der Waals surface area contributed by atoms with Crippen LogP contribution in [0.25, 0.3) is 27.3 Å². The minimum Gasteiger partial charge on any atom is -0.378 e. The Morgan fingerprint density at radius 2 is 2.00 bits per heavy atom. The highest BCUT2D eigenvalue weighted by Crippen LogP contribution is 2.42. The van der Waals surface area contributed by atoms with Gasteiger partial charge in [0.1, 0.15) is 11.2 Å². The van der Waals surface area contributed by atoms with E-state index in [0.717, 1.165) is 21.9 Å². The Kier molecular flexibility index (Phi) is 3.50. The zero-order valence-electron chi connectivity index (χ0n) is 15.2. The second-order valence-corrected chi connectivity index (χ2v) is 8.39. The van der Waals surface area contributed by atoms with Crippen molar-refractivity contribution < 1.29 is 0 Å². The van der Waals surface area contributed by atoms with E-state index in [0.29, 0.717) is 5.92 Å². The van der Waals surface area contributed by atoms with Crippen LogP contribution in [0.4, 0.5) is 5.69 Å². The van der Waals surface area contributed by atoms with Crippen LogP contribution in [0.15, 0.2) is 30.6 Å². The average Bonchev–Trinajstić information content (AvgIpc) is 3.23. The van der Waals surface area contributed by atoms with Crippen LogP contribution in [-0.4, -0.2) is 33.7 Å². The molecule has 1 atom stereocenters. The van der Waals surface area contributed by atoms with Crippen molar-refractivity contribution in [2.24, 2.45) is 0 Å². The first-order valence-corrected chi connectivity index (χ1v) is 9.88. The van der Waals surface area contributed by atoms with Gasteiger partial charge in [-0.2, -0.15) is 0 Å². The second-order valence-electron chi connectivity index (χ2n) is 7.30. The maximum Gasteiger partial charge on any atom is 0.182 e. The van der Waals surface area contributed by atoms with Gasteiger partial charge in [-0.3, -0.25) is 0 Å². The number of nitrogens with zero attached hydrogens (tertiary/aromatic N) is 5. The molecule has 5 nitrogen and oxygen atoms in total. The molecule has 1 aromatic carbocycles. The number of fused-ring (bicyclic) bond motifs is 5. The largest absolute Gasteiger partial charge is 0.378 e. The number of aryl methyl sites for hydroxylation is 1. The van der Waals surface area contributed by atoms with E-state index in [1.165, 1.54) is 40.8 Å². The van der Waals surface area contributed by atoms with Crippen LogP contribution in [0.2, 0.25) is 0 Å². The Hall–Kier alpha value is -2.47. The van der Waals surface area contributed by atoms with E-state index in [1.807, 2.05) is 29.9 Å². The standard InChI is InChI=1S/C20H21N5S/c1-12-5-4-6-15-16(12)17-19-22-18(23-25(19)11-21-20(17)26-15)13-7-9-14(10-8-13)24(2)3/h7-12H,4-6H2,1-3H3/t12-/m1/s1. The molecule has 132 valence electrons. The molecule has 1 aliphatic carbocycles. The highest BCUT2D eigenvalue weighted by Gasteiger charge is 2.25. The first kappa shape index (κ1) is 15.8. The molecule has 0 unspecified atom stereocenters. The summed E-state index contributed by atoms with van der Waals surface area (Å²) in [6.45, 7) is 2.32. The molecule has 0 aliphatic heterocycles. The summed E-state index contributed by atoms with van der Waals surface area (Å²) in [5.41, 5.74) is 4.59. The molecule has 1 aliphatic rings. The minimum atomic E-state index is 0.569. The normalized spacial score (nSPS) is 17.0. The van der Waals surface area contributed by atoms with Crippen molar-refractivity contribution >= 4 is 32.9 Å². The van der Waals surface area contributed by atoms with Gasteiger partial charge in [-0.1, -0.05) is 6.92 Å².